The Hall–Kier alpha value is -5.37. The number of nitrogens with one attached hydrogen (secondary N) is 2. The number of carbonyl (C=O) groups excluding carboxylic acids is 7. The van der Waals surface area contributed by atoms with E-state index in [-0.39, 0.29) is 66.3 Å². The number of aryl methyl sites for hydroxylation is 2. The third kappa shape index (κ3) is 15.4. The van der Waals surface area contributed by atoms with Gasteiger partial charge in [0.15, 0.2) is 23.6 Å². The fourth-order valence-corrected chi connectivity index (χ4v) is 9.04. The van der Waals surface area contributed by atoms with Crippen molar-refractivity contribution in [2.45, 2.75) is 118 Å². The molecule has 2 aliphatic rings. The molecule has 2 heterocycles. The van der Waals surface area contributed by atoms with Gasteiger partial charge in [-0.25, -0.2) is 0 Å². The van der Waals surface area contributed by atoms with E-state index in [1.807, 2.05) is 94.4 Å². The fraction of sp³-hybridized carbons (Fsp3) is 0.528. The Morgan fingerprint density at radius 1 is 0.788 bits per heavy atom. The molecule has 2 saturated heterocycles. The van der Waals surface area contributed by atoms with Gasteiger partial charge in [0.25, 0.3) is 0 Å². The Balaban J connectivity index is 1.37. The van der Waals surface area contributed by atoms with Crippen molar-refractivity contribution in [1.82, 2.24) is 10.6 Å². The van der Waals surface area contributed by atoms with Crippen molar-refractivity contribution in [3.63, 3.8) is 0 Å². The first-order valence-electron chi connectivity index (χ1n) is 23.5. The maximum absolute atomic E-state index is 14.6. The number of hydrogen-bond acceptors (Lipinski definition) is 10. The summed E-state index contributed by atoms with van der Waals surface area (Å²) in [5.41, 5.74) is 2.61. The molecule has 66 heavy (non-hydrogen) atoms. The van der Waals surface area contributed by atoms with Crippen molar-refractivity contribution < 1.29 is 52.3 Å². The molecule has 5 rings (SSSR count). The molecule has 0 radical (unpaired) electrons. The highest BCUT2D eigenvalue weighted by Gasteiger charge is 2.50. The van der Waals surface area contributed by atoms with E-state index >= 15 is 0 Å². The predicted molar refractivity (Wildman–Crippen MR) is 251 cm³/mol. The van der Waals surface area contributed by atoms with Gasteiger partial charge in [0, 0.05) is 37.2 Å². The van der Waals surface area contributed by atoms with E-state index in [1.54, 1.807) is 19.9 Å². The third-order valence-electron chi connectivity index (χ3n) is 12.6. The van der Waals surface area contributed by atoms with Crippen LogP contribution in [0.2, 0.25) is 0 Å². The summed E-state index contributed by atoms with van der Waals surface area (Å²) in [5, 5.41) is 6.06. The van der Waals surface area contributed by atoms with Crippen LogP contribution in [-0.2, 0) is 57.6 Å². The summed E-state index contributed by atoms with van der Waals surface area (Å²) in [6.45, 7) is 15.4. The van der Waals surface area contributed by atoms with Crippen LogP contribution in [0, 0.1) is 30.6 Å². The largest absolute Gasteiger partial charge is 0.426 e. The van der Waals surface area contributed by atoms with Gasteiger partial charge >= 0.3 is 5.97 Å². The Kier molecular flexibility index (Phi) is 18.7. The van der Waals surface area contributed by atoms with Gasteiger partial charge in [0.1, 0.15) is 37.5 Å². The van der Waals surface area contributed by atoms with Crippen molar-refractivity contribution in [1.29, 1.82) is 0 Å². The Labute approximate surface area is 390 Å². The quantitative estimate of drug-likeness (QED) is 0.0297. The van der Waals surface area contributed by atoms with Crippen LogP contribution in [-0.4, -0.2) is 103 Å². The van der Waals surface area contributed by atoms with Crippen LogP contribution < -0.4 is 15.4 Å². The molecule has 5 atom stereocenters. The maximum Gasteiger partial charge on any atom is 0.308 e. The molecule has 13 nitrogen and oxygen atoms in total. The Morgan fingerprint density at radius 2 is 1.36 bits per heavy atom. The summed E-state index contributed by atoms with van der Waals surface area (Å²) in [4.78, 5) is 95.1. The third-order valence-corrected chi connectivity index (χ3v) is 12.6. The molecule has 0 bridgehead atoms. The number of aldehydes is 1. The van der Waals surface area contributed by atoms with Gasteiger partial charge in [-0.1, -0.05) is 88.4 Å². The lowest BCUT2D eigenvalue weighted by atomic mass is 9.87. The number of Topliss-reactive ketones (excluding diaryl/α,β-unsaturated/α-hetero) is 3. The van der Waals surface area contributed by atoms with Crippen molar-refractivity contribution in [3.05, 3.63) is 101 Å². The molecular weight excluding hydrogens is 839 g/mol. The molecule has 356 valence electrons. The Morgan fingerprint density at radius 3 is 1.94 bits per heavy atom. The predicted octanol–water partition coefficient (Wildman–Crippen LogP) is 6.53. The number of hydrogen-bond donors (Lipinski definition) is 2. The normalized spacial score (nSPS) is 18.4. The number of rotatable bonds is 26. The minimum atomic E-state index is -0.937. The average molecular weight is 909 g/mol. The molecule has 0 aliphatic carbocycles. The van der Waals surface area contributed by atoms with Crippen LogP contribution in [0.25, 0.3) is 0 Å². The fourth-order valence-electron chi connectivity index (χ4n) is 9.04. The van der Waals surface area contributed by atoms with E-state index in [0.29, 0.717) is 81.5 Å². The van der Waals surface area contributed by atoms with Gasteiger partial charge in [0.05, 0.1) is 37.5 Å². The molecule has 0 saturated carbocycles. The van der Waals surface area contributed by atoms with E-state index in [9.17, 15) is 33.6 Å². The van der Waals surface area contributed by atoms with Crippen molar-refractivity contribution in [3.8, 4) is 5.75 Å². The van der Waals surface area contributed by atoms with Gasteiger partial charge in [0.2, 0.25) is 11.8 Å². The molecule has 3 aromatic carbocycles. The highest BCUT2D eigenvalue weighted by molar-refractivity contribution is 5.98. The van der Waals surface area contributed by atoms with Crippen LogP contribution in [0.4, 0.5) is 0 Å². The number of amides is 2. The van der Waals surface area contributed by atoms with Gasteiger partial charge in [-0.15, -0.1) is 0 Å². The molecular formula is C53H70N3O10+. The minimum absolute atomic E-state index is 0.00881. The van der Waals surface area contributed by atoms with E-state index in [1.165, 1.54) is 6.92 Å². The van der Waals surface area contributed by atoms with E-state index in [2.05, 4.69) is 10.6 Å². The molecule has 0 aromatic heterocycles. The lowest BCUT2D eigenvalue weighted by Crippen LogP contribution is -2.57. The smallest absolute Gasteiger partial charge is 0.308 e. The number of nitrogens with zero attached hydrogens (tertiary/aromatic N) is 1. The van der Waals surface area contributed by atoms with E-state index in [4.69, 9.17) is 14.2 Å². The molecule has 0 unspecified atom stereocenters. The van der Waals surface area contributed by atoms with E-state index in [0.717, 1.165) is 16.7 Å². The van der Waals surface area contributed by atoms with Crippen molar-refractivity contribution in [2.24, 2.45) is 23.7 Å². The number of benzene rings is 3. The Bertz CT molecular complexity index is 2160. The zero-order valence-corrected chi connectivity index (χ0v) is 39.9. The second-order valence-corrected chi connectivity index (χ2v) is 19.5. The summed E-state index contributed by atoms with van der Waals surface area (Å²) < 4.78 is 16.9. The van der Waals surface area contributed by atoms with Gasteiger partial charge in [-0.3, -0.25) is 33.6 Å². The average Bonchev–Trinajstić information content (AvgIpc) is 4.03. The summed E-state index contributed by atoms with van der Waals surface area (Å²) >= 11 is 0. The van der Waals surface area contributed by atoms with Crippen LogP contribution in [0.15, 0.2) is 72.8 Å². The molecule has 2 aliphatic heterocycles. The number of carbonyl (C=O) groups is 7. The van der Waals surface area contributed by atoms with Gasteiger partial charge < -0.3 is 29.3 Å². The minimum Gasteiger partial charge on any atom is -0.426 e. The lowest BCUT2D eigenvalue weighted by Gasteiger charge is -2.41. The van der Waals surface area contributed by atoms with Crippen LogP contribution in [0.1, 0.15) is 106 Å². The van der Waals surface area contributed by atoms with Gasteiger partial charge in [-0.05, 0) is 86.6 Å². The zero-order chi connectivity index (χ0) is 48.0. The number of epoxide rings is 1. The lowest BCUT2D eigenvalue weighted by molar-refractivity contribution is -0.940. The number of ether oxygens (including phenoxy) is 3. The van der Waals surface area contributed by atoms with Crippen molar-refractivity contribution >= 4 is 41.4 Å². The van der Waals surface area contributed by atoms with Crippen LogP contribution >= 0.6 is 0 Å². The molecule has 3 aromatic rings. The first kappa shape index (κ1) is 51.6. The van der Waals surface area contributed by atoms with Crippen LogP contribution in [0.5, 0.6) is 5.75 Å². The highest BCUT2D eigenvalue weighted by atomic mass is 16.6. The maximum atomic E-state index is 14.6. The summed E-state index contributed by atoms with van der Waals surface area (Å²) in [6.07, 6.45) is 2.33. The summed E-state index contributed by atoms with van der Waals surface area (Å²) in [5.74, 6) is -3.19. The van der Waals surface area contributed by atoms with Gasteiger partial charge in [-0.2, -0.15) is 0 Å². The summed E-state index contributed by atoms with van der Waals surface area (Å²) in [7, 11) is 0. The topological polar surface area (TPSA) is 175 Å². The SMILES string of the molecule is CC(=O)Oc1c(C)cc(C[N+]2(CC(=O)C[C@@H](CCc3ccccc3)C(=O)N[C@@H](CC(C)C)C(=O)C[C@@H](Cc3ccccc3)C(=O)N[C@@H](CC(C)C)C(=O)[C@@]3(C)CO3)CCOCC2)cc1C=O. The van der Waals surface area contributed by atoms with E-state index < -0.39 is 47.3 Å². The number of ketones is 3. The first-order chi connectivity index (χ1) is 31.4. The van der Waals surface area contributed by atoms with Crippen molar-refractivity contribution in [2.75, 3.05) is 39.5 Å². The zero-order valence-electron chi connectivity index (χ0n) is 39.9. The monoisotopic (exact) mass is 909 g/mol. The molecule has 13 heteroatoms. The molecule has 2 fully saturated rings. The number of morpholine rings is 1. The second kappa shape index (κ2) is 23.9. The number of esters is 1. The number of quaternary nitrogens is 1. The second-order valence-electron chi connectivity index (χ2n) is 19.5. The van der Waals surface area contributed by atoms with Crippen LogP contribution in [0.3, 0.4) is 0 Å². The molecule has 0 spiro atoms. The summed E-state index contributed by atoms with van der Waals surface area (Å²) in [6, 6.07) is 21.0. The standard InChI is InChI=1S/C53H69N3O10/c1-35(2)24-46(48(60)30-43(27-40-16-12-9-13-17-40)52(63)55-47(25-36(3)4)50(61)53(7)34-65-53)54-51(62)42(19-18-39-14-10-8-11-15-39)29-45(59)32-56(20-22-64-23-21-56)31-41-26-37(5)49(66-38(6)58)44(28-41)33-57/h8-17,26,28,33,35-36,42-43,46-47H,18-25,27,29-32,34H2,1-7H3,(H-,54,55,62,63)/p+1/t42-,43-,46+,47+,53-/m1/s1. The highest BCUT2D eigenvalue weighted by Crippen LogP contribution is 2.31. The molecule has 2 amide bonds. The first-order valence-corrected chi connectivity index (χ1v) is 23.5. The molecule has 2 N–H and O–H groups in total.